The molecule has 0 heterocycles. The van der Waals surface area contributed by atoms with E-state index in [4.69, 9.17) is 18.9 Å². The summed E-state index contributed by atoms with van der Waals surface area (Å²) < 4.78 is 48.4. The molecule has 232 valence electrons. The molecule has 2 N–H and O–H groups in total. The smallest absolute Gasteiger partial charge is 0.333 e. The van der Waals surface area contributed by atoms with Crippen LogP contribution in [-0.4, -0.2) is 73.6 Å². The summed E-state index contributed by atoms with van der Waals surface area (Å²) in [5, 5.41) is 12.1. The SMILES string of the molecule is CCOC(Cc1ccc(OCCN(CCOCCC(C)(F)F)C(=O)Nc2ccc(Oc3ccccc3)cc2)cc1)C(=O)O. The van der Waals surface area contributed by atoms with Crippen LogP contribution < -0.4 is 14.8 Å². The Labute approximate surface area is 250 Å². The zero-order valence-electron chi connectivity index (χ0n) is 24.3. The number of rotatable bonds is 18. The van der Waals surface area contributed by atoms with E-state index in [9.17, 15) is 23.5 Å². The van der Waals surface area contributed by atoms with Crippen LogP contribution in [0.15, 0.2) is 78.9 Å². The zero-order valence-corrected chi connectivity index (χ0v) is 24.3. The lowest BCUT2D eigenvalue weighted by molar-refractivity contribution is -0.149. The molecule has 1 unspecified atom stereocenters. The molecule has 0 saturated carbocycles. The van der Waals surface area contributed by atoms with E-state index in [0.29, 0.717) is 29.5 Å². The second kappa shape index (κ2) is 17.0. The molecule has 9 nitrogen and oxygen atoms in total. The van der Waals surface area contributed by atoms with Gasteiger partial charge in [-0.1, -0.05) is 30.3 Å². The van der Waals surface area contributed by atoms with E-state index in [-0.39, 0.29) is 39.3 Å². The van der Waals surface area contributed by atoms with E-state index in [0.717, 1.165) is 12.5 Å². The average Bonchev–Trinajstić information content (AvgIpc) is 2.97. The highest BCUT2D eigenvalue weighted by atomic mass is 19.3. The maximum absolute atomic E-state index is 13.1. The maximum Gasteiger partial charge on any atom is 0.333 e. The zero-order chi connectivity index (χ0) is 31.1. The van der Waals surface area contributed by atoms with Crippen LogP contribution in [-0.2, 0) is 20.7 Å². The summed E-state index contributed by atoms with van der Waals surface area (Å²) in [7, 11) is 0. The van der Waals surface area contributed by atoms with Gasteiger partial charge in [-0.3, -0.25) is 0 Å². The van der Waals surface area contributed by atoms with Crippen LogP contribution in [0, 0.1) is 0 Å². The van der Waals surface area contributed by atoms with Gasteiger partial charge in [-0.2, -0.15) is 0 Å². The number of halogens is 2. The maximum atomic E-state index is 13.1. The van der Waals surface area contributed by atoms with Crippen molar-refractivity contribution in [1.29, 1.82) is 0 Å². The molecule has 2 amide bonds. The van der Waals surface area contributed by atoms with E-state index >= 15 is 0 Å². The number of alkyl halides is 2. The summed E-state index contributed by atoms with van der Waals surface area (Å²) >= 11 is 0. The number of benzene rings is 3. The lowest BCUT2D eigenvalue weighted by Crippen LogP contribution is -2.40. The van der Waals surface area contributed by atoms with Gasteiger partial charge in [0.1, 0.15) is 23.9 Å². The van der Waals surface area contributed by atoms with Crippen molar-refractivity contribution >= 4 is 17.7 Å². The van der Waals surface area contributed by atoms with Gasteiger partial charge < -0.3 is 34.3 Å². The minimum atomic E-state index is -2.82. The van der Waals surface area contributed by atoms with Crippen LogP contribution in [0.3, 0.4) is 0 Å². The summed E-state index contributed by atoms with van der Waals surface area (Å²) in [5.74, 6) is -2.00. The van der Waals surface area contributed by atoms with Gasteiger partial charge in [0, 0.05) is 31.7 Å². The first-order valence-electron chi connectivity index (χ1n) is 14.0. The third kappa shape index (κ3) is 12.7. The van der Waals surface area contributed by atoms with E-state index < -0.39 is 30.4 Å². The van der Waals surface area contributed by atoms with Crippen molar-refractivity contribution in [3.05, 3.63) is 84.4 Å². The van der Waals surface area contributed by atoms with E-state index in [2.05, 4.69) is 5.32 Å². The van der Waals surface area contributed by atoms with Crippen molar-refractivity contribution in [2.45, 2.75) is 38.7 Å². The molecule has 43 heavy (non-hydrogen) atoms. The summed E-state index contributed by atoms with van der Waals surface area (Å²) in [6.45, 7) is 3.33. The molecule has 0 radical (unpaired) electrons. The van der Waals surface area contributed by atoms with E-state index in [1.165, 1.54) is 4.90 Å². The van der Waals surface area contributed by atoms with Crippen LogP contribution in [0.5, 0.6) is 17.2 Å². The Morgan fingerprint density at radius 2 is 1.51 bits per heavy atom. The fourth-order valence-corrected chi connectivity index (χ4v) is 3.90. The predicted octanol–water partition coefficient (Wildman–Crippen LogP) is 6.49. The minimum Gasteiger partial charge on any atom is -0.492 e. The van der Waals surface area contributed by atoms with Gasteiger partial charge in [0.25, 0.3) is 0 Å². The Kier molecular flexibility index (Phi) is 13.2. The van der Waals surface area contributed by atoms with Gasteiger partial charge in [0.2, 0.25) is 5.92 Å². The summed E-state index contributed by atoms with van der Waals surface area (Å²) in [6, 6.07) is 22.8. The number of amides is 2. The standard InChI is InChI=1S/C32H38F2N2O7/c1-3-41-29(30(37)38)23-24-9-13-26(14-10-24)42-22-19-36(18-21-40-20-17-32(2,33)34)31(39)35-25-11-15-28(16-12-25)43-27-7-5-4-6-8-27/h4-16,29H,3,17-23H2,1-2H3,(H,35,39)(H,37,38). The molecule has 0 spiro atoms. The molecule has 0 aliphatic rings. The second-order valence-electron chi connectivity index (χ2n) is 9.77. The van der Waals surface area contributed by atoms with Crippen molar-refractivity contribution in [3.63, 3.8) is 0 Å². The Morgan fingerprint density at radius 1 is 0.884 bits per heavy atom. The molecule has 0 bridgehead atoms. The van der Waals surface area contributed by atoms with Gasteiger partial charge >= 0.3 is 12.0 Å². The molecule has 0 aliphatic carbocycles. The first kappa shape index (κ1) is 33.3. The molecular weight excluding hydrogens is 562 g/mol. The van der Waals surface area contributed by atoms with Crippen LogP contribution in [0.25, 0.3) is 0 Å². The van der Waals surface area contributed by atoms with Gasteiger partial charge in [-0.05, 0) is 67.9 Å². The Balaban J connectivity index is 1.55. The summed E-state index contributed by atoms with van der Waals surface area (Å²) in [6.07, 6.45) is -1.11. The quantitative estimate of drug-likeness (QED) is 0.161. The Morgan fingerprint density at radius 3 is 2.14 bits per heavy atom. The number of nitrogens with zero attached hydrogens (tertiary/aromatic N) is 1. The van der Waals surface area contributed by atoms with Crippen molar-refractivity contribution in [2.75, 3.05) is 44.8 Å². The van der Waals surface area contributed by atoms with Gasteiger partial charge in [-0.15, -0.1) is 0 Å². The minimum absolute atomic E-state index is 0.0760. The van der Waals surface area contributed by atoms with Crippen LogP contribution >= 0.6 is 0 Å². The van der Waals surface area contributed by atoms with Gasteiger partial charge in [0.05, 0.1) is 19.8 Å². The lowest BCUT2D eigenvalue weighted by Gasteiger charge is -2.23. The molecule has 0 fully saturated rings. The number of aliphatic carboxylic acids is 1. The highest BCUT2D eigenvalue weighted by Crippen LogP contribution is 2.23. The average molecular weight is 601 g/mol. The van der Waals surface area contributed by atoms with Gasteiger partial charge in [-0.25, -0.2) is 18.4 Å². The molecule has 1 atom stereocenters. The van der Waals surface area contributed by atoms with Crippen molar-refractivity contribution < 1.29 is 42.4 Å². The molecule has 11 heteroatoms. The Bertz CT molecular complexity index is 1250. The van der Waals surface area contributed by atoms with Crippen LogP contribution in [0.4, 0.5) is 19.3 Å². The second-order valence-corrected chi connectivity index (χ2v) is 9.77. The normalized spacial score (nSPS) is 11.9. The highest BCUT2D eigenvalue weighted by Gasteiger charge is 2.21. The third-order valence-corrected chi connectivity index (χ3v) is 6.18. The molecular formula is C32H38F2N2O7. The predicted molar refractivity (Wildman–Crippen MR) is 158 cm³/mol. The van der Waals surface area contributed by atoms with E-state index in [1.807, 2.05) is 30.3 Å². The molecule has 3 rings (SSSR count). The molecule has 0 aromatic heterocycles. The van der Waals surface area contributed by atoms with Crippen LogP contribution in [0.1, 0.15) is 25.8 Å². The number of carboxylic acids is 1. The van der Waals surface area contributed by atoms with Crippen molar-refractivity contribution in [3.8, 4) is 17.2 Å². The van der Waals surface area contributed by atoms with Crippen LogP contribution in [0.2, 0.25) is 0 Å². The lowest BCUT2D eigenvalue weighted by atomic mass is 10.1. The number of carboxylic acid groups (broad SMARTS) is 1. The number of hydrogen-bond acceptors (Lipinski definition) is 6. The first-order chi connectivity index (χ1) is 20.6. The first-order valence-corrected chi connectivity index (χ1v) is 14.0. The summed E-state index contributed by atoms with van der Waals surface area (Å²) in [4.78, 5) is 25.9. The number of nitrogens with one attached hydrogen (secondary N) is 1. The fraction of sp³-hybridized carbons (Fsp3) is 0.375. The molecule has 3 aromatic rings. The third-order valence-electron chi connectivity index (χ3n) is 6.18. The number of carbonyl (C=O) groups is 2. The van der Waals surface area contributed by atoms with Gasteiger partial charge in [0.15, 0.2) is 6.10 Å². The Hall–Kier alpha value is -4.22. The number of urea groups is 1. The number of para-hydroxylation sites is 1. The largest absolute Gasteiger partial charge is 0.492 e. The van der Waals surface area contributed by atoms with E-state index in [1.54, 1.807) is 55.5 Å². The molecule has 0 aliphatic heterocycles. The summed E-state index contributed by atoms with van der Waals surface area (Å²) in [5.41, 5.74) is 1.33. The number of hydrogen-bond donors (Lipinski definition) is 2. The monoisotopic (exact) mass is 600 g/mol. The molecule has 3 aromatic carbocycles. The topological polar surface area (TPSA) is 107 Å². The highest BCUT2D eigenvalue weighted by molar-refractivity contribution is 5.89. The number of anilines is 1. The number of ether oxygens (including phenoxy) is 4. The molecule has 0 saturated heterocycles. The van der Waals surface area contributed by atoms with Crippen molar-refractivity contribution in [1.82, 2.24) is 4.90 Å². The fourth-order valence-electron chi connectivity index (χ4n) is 3.90. The number of carbonyl (C=O) groups excluding carboxylic acids is 1. The van der Waals surface area contributed by atoms with Crippen molar-refractivity contribution in [2.24, 2.45) is 0 Å².